The molecule has 0 aliphatic rings. The molecule has 1 atom stereocenters. The van der Waals surface area contributed by atoms with E-state index in [4.69, 9.17) is 18.9 Å². The van der Waals surface area contributed by atoms with Gasteiger partial charge in [-0.1, -0.05) is 13.8 Å². The highest BCUT2D eigenvalue weighted by atomic mass is 16.5. The molecular formula is C13H27NO5. The minimum atomic E-state index is -0.417. The molecule has 1 N–H and O–H groups in total. The highest BCUT2D eigenvalue weighted by Gasteiger charge is 2.19. The average molecular weight is 277 g/mol. The van der Waals surface area contributed by atoms with Gasteiger partial charge in [-0.15, -0.1) is 0 Å². The molecule has 0 fully saturated rings. The Kier molecular flexibility index (Phi) is 11.9. The Balaban J connectivity index is 3.61. The third-order valence-corrected chi connectivity index (χ3v) is 2.31. The van der Waals surface area contributed by atoms with Crippen molar-refractivity contribution in [1.82, 2.24) is 5.32 Å². The molecule has 19 heavy (non-hydrogen) atoms. The summed E-state index contributed by atoms with van der Waals surface area (Å²) in [5.41, 5.74) is 0. The van der Waals surface area contributed by atoms with Crippen LogP contribution in [0.15, 0.2) is 0 Å². The van der Waals surface area contributed by atoms with Crippen molar-refractivity contribution in [3.05, 3.63) is 0 Å². The maximum atomic E-state index is 11.5. The molecule has 0 saturated heterocycles. The monoisotopic (exact) mass is 277 g/mol. The van der Waals surface area contributed by atoms with Gasteiger partial charge in [0.2, 0.25) is 0 Å². The first-order chi connectivity index (χ1) is 9.11. The van der Waals surface area contributed by atoms with Crippen molar-refractivity contribution in [2.24, 2.45) is 0 Å². The van der Waals surface area contributed by atoms with Gasteiger partial charge in [0.25, 0.3) is 0 Å². The summed E-state index contributed by atoms with van der Waals surface area (Å²) >= 11 is 0. The quantitative estimate of drug-likeness (QED) is 0.416. The van der Waals surface area contributed by atoms with Gasteiger partial charge in [0, 0.05) is 26.4 Å². The molecule has 0 aromatic heterocycles. The standard InChI is InChI=1S/C13H27NO5/c1-11(2)14-12(13(15)17-4)10-19-7-5-6-18-9-8-16-3/h11-12,14H,5-10H2,1-4H3. The molecule has 1 unspecified atom stereocenters. The summed E-state index contributed by atoms with van der Waals surface area (Å²) in [6.07, 6.45) is 0.791. The summed E-state index contributed by atoms with van der Waals surface area (Å²) in [5, 5.41) is 3.10. The van der Waals surface area contributed by atoms with E-state index < -0.39 is 6.04 Å². The lowest BCUT2D eigenvalue weighted by Gasteiger charge is -2.18. The van der Waals surface area contributed by atoms with Crippen LogP contribution >= 0.6 is 0 Å². The van der Waals surface area contributed by atoms with Crippen molar-refractivity contribution in [3.8, 4) is 0 Å². The summed E-state index contributed by atoms with van der Waals surface area (Å²) in [7, 11) is 3.02. The summed E-state index contributed by atoms with van der Waals surface area (Å²) in [6, 6.07) is -0.218. The molecule has 0 amide bonds. The van der Waals surface area contributed by atoms with Crippen LogP contribution in [-0.2, 0) is 23.7 Å². The average Bonchev–Trinajstić information content (AvgIpc) is 2.39. The smallest absolute Gasteiger partial charge is 0.325 e. The lowest BCUT2D eigenvalue weighted by atomic mass is 10.2. The van der Waals surface area contributed by atoms with E-state index in [1.54, 1.807) is 7.11 Å². The first-order valence-electron chi connectivity index (χ1n) is 6.60. The largest absolute Gasteiger partial charge is 0.468 e. The Labute approximate surface area is 115 Å². The second kappa shape index (κ2) is 12.3. The lowest BCUT2D eigenvalue weighted by Crippen LogP contribution is -2.44. The van der Waals surface area contributed by atoms with Gasteiger partial charge in [-0.2, -0.15) is 0 Å². The molecule has 0 rings (SSSR count). The number of methoxy groups -OCH3 is 2. The minimum absolute atomic E-state index is 0.199. The van der Waals surface area contributed by atoms with Gasteiger partial charge in [0.1, 0.15) is 6.04 Å². The topological polar surface area (TPSA) is 66.0 Å². The SMILES string of the molecule is COCCOCCCOCC(NC(C)C)C(=O)OC. The Morgan fingerprint density at radius 3 is 2.32 bits per heavy atom. The van der Waals surface area contributed by atoms with Crippen LogP contribution < -0.4 is 5.32 Å². The van der Waals surface area contributed by atoms with Crippen LogP contribution in [0.25, 0.3) is 0 Å². The Morgan fingerprint density at radius 1 is 1.05 bits per heavy atom. The van der Waals surface area contributed by atoms with E-state index >= 15 is 0 Å². The van der Waals surface area contributed by atoms with Gasteiger partial charge < -0.3 is 24.3 Å². The Bertz CT molecular complexity index is 223. The fraction of sp³-hybridized carbons (Fsp3) is 0.923. The van der Waals surface area contributed by atoms with Crippen LogP contribution in [0, 0.1) is 0 Å². The molecule has 0 spiro atoms. The summed E-state index contributed by atoms with van der Waals surface area (Å²) in [4.78, 5) is 11.5. The van der Waals surface area contributed by atoms with Gasteiger partial charge in [-0.25, -0.2) is 0 Å². The highest BCUT2D eigenvalue weighted by Crippen LogP contribution is 1.94. The molecule has 114 valence electrons. The first-order valence-corrected chi connectivity index (χ1v) is 6.60. The summed E-state index contributed by atoms with van der Waals surface area (Å²) in [5.74, 6) is -0.301. The normalized spacial score (nSPS) is 12.7. The Hall–Kier alpha value is -0.690. The zero-order chi connectivity index (χ0) is 14.5. The molecular weight excluding hydrogens is 250 g/mol. The second-order valence-electron chi connectivity index (χ2n) is 4.43. The maximum Gasteiger partial charge on any atom is 0.325 e. The number of esters is 1. The van der Waals surface area contributed by atoms with Gasteiger partial charge >= 0.3 is 5.97 Å². The highest BCUT2D eigenvalue weighted by molar-refractivity contribution is 5.75. The van der Waals surface area contributed by atoms with E-state index in [1.165, 1.54) is 7.11 Å². The van der Waals surface area contributed by atoms with Crippen molar-refractivity contribution in [2.45, 2.75) is 32.4 Å². The molecule has 0 aromatic carbocycles. The number of hydrogen-bond acceptors (Lipinski definition) is 6. The maximum absolute atomic E-state index is 11.5. The fourth-order valence-corrected chi connectivity index (χ4v) is 1.44. The Morgan fingerprint density at radius 2 is 1.74 bits per heavy atom. The number of carbonyl (C=O) groups is 1. The van der Waals surface area contributed by atoms with Crippen molar-refractivity contribution < 1.29 is 23.7 Å². The molecule has 6 heteroatoms. The van der Waals surface area contributed by atoms with Crippen LogP contribution in [0.1, 0.15) is 20.3 Å². The van der Waals surface area contributed by atoms with E-state index in [0.717, 1.165) is 6.42 Å². The number of hydrogen-bond donors (Lipinski definition) is 1. The van der Waals surface area contributed by atoms with Crippen molar-refractivity contribution in [3.63, 3.8) is 0 Å². The van der Waals surface area contributed by atoms with E-state index in [0.29, 0.717) is 33.0 Å². The summed E-state index contributed by atoms with van der Waals surface area (Å²) in [6.45, 7) is 6.63. The van der Waals surface area contributed by atoms with E-state index in [-0.39, 0.29) is 12.0 Å². The van der Waals surface area contributed by atoms with Crippen LogP contribution in [0.2, 0.25) is 0 Å². The zero-order valence-electron chi connectivity index (χ0n) is 12.4. The number of carbonyl (C=O) groups excluding carboxylic acids is 1. The molecule has 6 nitrogen and oxygen atoms in total. The van der Waals surface area contributed by atoms with E-state index in [9.17, 15) is 4.79 Å². The second-order valence-corrected chi connectivity index (χ2v) is 4.43. The fourth-order valence-electron chi connectivity index (χ4n) is 1.44. The number of nitrogens with one attached hydrogen (secondary N) is 1. The van der Waals surface area contributed by atoms with Crippen molar-refractivity contribution >= 4 is 5.97 Å². The molecule has 0 aliphatic heterocycles. The van der Waals surface area contributed by atoms with Gasteiger partial charge in [-0.3, -0.25) is 4.79 Å². The van der Waals surface area contributed by atoms with Gasteiger partial charge in [-0.05, 0) is 6.42 Å². The van der Waals surface area contributed by atoms with Crippen LogP contribution in [0.5, 0.6) is 0 Å². The molecule has 0 aromatic rings. The van der Waals surface area contributed by atoms with Crippen molar-refractivity contribution in [2.75, 3.05) is 47.3 Å². The summed E-state index contributed by atoms with van der Waals surface area (Å²) < 4.78 is 20.3. The molecule has 0 aliphatic carbocycles. The van der Waals surface area contributed by atoms with Gasteiger partial charge in [0.15, 0.2) is 0 Å². The molecule has 0 radical (unpaired) electrons. The molecule has 0 bridgehead atoms. The molecule has 0 saturated carbocycles. The first kappa shape index (κ1) is 18.3. The predicted octanol–water partition coefficient (Wildman–Crippen LogP) is 0.596. The number of ether oxygens (including phenoxy) is 4. The zero-order valence-corrected chi connectivity index (χ0v) is 12.4. The van der Waals surface area contributed by atoms with Crippen molar-refractivity contribution in [1.29, 1.82) is 0 Å². The third kappa shape index (κ3) is 10.9. The lowest BCUT2D eigenvalue weighted by molar-refractivity contribution is -0.145. The van der Waals surface area contributed by atoms with Crippen LogP contribution in [-0.4, -0.2) is 65.3 Å². The number of rotatable bonds is 12. The van der Waals surface area contributed by atoms with Gasteiger partial charge in [0.05, 0.1) is 26.9 Å². The van der Waals surface area contributed by atoms with E-state index in [1.807, 2.05) is 13.8 Å². The van der Waals surface area contributed by atoms with Crippen LogP contribution in [0.3, 0.4) is 0 Å². The molecule has 0 heterocycles. The predicted molar refractivity (Wildman–Crippen MR) is 72.2 cm³/mol. The van der Waals surface area contributed by atoms with E-state index in [2.05, 4.69) is 5.32 Å². The van der Waals surface area contributed by atoms with Crippen LogP contribution in [0.4, 0.5) is 0 Å². The third-order valence-electron chi connectivity index (χ3n) is 2.31. The minimum Gasteiger partial charge on any atom is -0.468 e.